The standard InChI is InChI=1S/C17H18N2O5S/c1-5-23-17(20)15-12(3)19(4)14(10-18)16(15)24-25(21,22)13-8-6-11(2)7-9-13/h6-9H,5H2,1-4H3. The first kappa shape index (κ1) is 18.5. The Balaban J connectivity index is 2.58. The van der Waals surface area contributed by atoms with Gasteiger partial charge in [0.25, 0.3) is 0 Å². The van der Waals surface area contributed by atoms with Gasteiger partial charge in [-0.1, -0.05) is 17.7 Å². The quantitative estimate of drug-likeness (QED) is 0.598. The van der Waals surface area contributed by atoms with Crippen molar-refractivity contribution in [1.29, 1.82) is 5.26 Å². The van der Waals surface area contributed by atoms with E-state index in [1.165, 1.54) is 16.7 Å². The second-order valence-electron chi connectivity index (χ2n) is 5.38. The molecule has 0 N–H and O–H groups in total. The second-order valence-corrected chi connectivity index (χ2v) is 6.93. The summed E-state index contributed by atoms with van der Waals surface area (Å²) in [6.45, 7) is 5.15. The molecule has 0 aliphatic heterocycles. The third-order valence-corrected chi connectivity index (χ3v) is 4.97. The highest BCUT2D eigenvalue weighted by atomic mass is 32.2. The van der Waals surface area contributed by atoms with Gasteiger partial charge in [0.2, 0.25) is 0 Å². The van der Waals surface area contributed by atoms with Crippen molar-refractivity contribution >= 4 is 16.1 Å². The Kier molecular flexibility index (Phi) is 5.18. The molecule has 0 saturated carbocycles. The summed E-state index contributed by atoms with van der Waals surface area (Å²) in [5, 5.41) is 9.35. The molecule has 0 atom stereocenters. The normalized spacial score (nSPS) is 11.0. The molecule has 25 heavy (non-hydrogen) atoms. The van der Waals surface area contributed by atoms with Gasteiger partial charge in [-0.3, -0.25) is 0 Å². The molecule has 0 radical (unpaired) electrons. The molecule has 7 nitrogen and oxygen atoms in total. The number of rotatable bonds is 5. The number of carbonyl (C=O) groups excluding carboxylic acids is 1. The van der Waals surface area contributed by atoms with Crippen molar-refractivity contribution in [3.8, 4) is 11.8 Å². The van der Waals surface area contributed by atoms with Crippen molar-refractivity contribution in [1.82, 2.24) is 4.57 Å². The van der Waals surface area contributed by atoms with Crippen molar-refractivity contribution in [2.24, 2.45) is 7.05 Å². The van der Waals surface area contributed by atoms with Crippen LogP contribution in [0.2, 0.25) is 0 Å². The molecule has 0 amide bonds. The minimum absolute atomic E-state index is 0.0710. The number of hydrogen-bond acceptors (Lipinski definition) is 6. The third kappa shape index (κ3) is 3.51. The number of benzene rings is 1. The van der Waals surface area contributed by atoms with Gasteiger partial charge >= 0.3 is 16.1 Å². The molecule has 2 rings (SSSR count). The molecule has 0 aliphatic carbocycles. The van der Waals surface area contributed by atoms with Gasteiger partial charge in [0.05, 0.1) is 6.61 Å². The predicted molar refractivity (Wildman–Crippen MR) is 89.8 cm³/mol. The summed E-state index contributed by atoms with van der Waals surface area (Å²) in [6, 6.07) is 7.93. The molecule has 1 aromatic heterocycles. The van der Waals surface area contributed by atoms with E-state index < -0.39 is 16.1 Å². The highest BCUT2D eigenvalue weighted by molar-refractivity contribution is 7.87. The zero-order valence-corrected chi connectivity index (χ0v) is 15.2. The molecule has 0 aliphatic rings. The number of nitrogens with zero attached hydrogens (tertiary/aromatic N) is 2. The van der Waals surface area contributed by atoms with Crippen molar-refractivity contribution in [2.75, 3.05) is 6.61 Å². The van der Waals surface area contributed by atoms with Crippen LogP contribution in [0, 0.1) is 25.2 Å². The molecule has 1 aromatic carbocycles. The van der Waals surface area contributed by atoms with E-state index in [1.807, 2.05) is 13.0 Å². The average Bonchev–Trinajstić information content (AvgIpc) is 2.78. The molecule has 0 fully saturated rings. The Morgan fingerprint density at radius 3 is 2.36 bits per heavy atom. The SMILES string of the molecule is CCOC(=O)c1c(OS(=O)(=O)c2ccc(C)cc2)c(C#N)n(C)c1C. The molecule has 0 spiro atoms. The van der Waals surface area contributed by atoms with Gasteiger partial charge in [0.1, 0.15) is 16.5 Å². The fourth-order valence-electron chi connectivity index (χ4n) is 2.28. The van der Waals surface area contributed by atoms with Gasteiger partial charge in [-0.2, -0.15) is 13.7 Å². The Bertz CT molecular complexity index is 950. The van der Waals surface area contributed by atoms with Gasteiger partial charge in [0.15, 0.2) is 11.4 Å². The Hall–Kier alpha value is -2.79. The lowest BCUT2D eigenvalue weighted by atomic mass is 10.2. The van der Waals surface area contributed by atoms with Gasteiger partial charge in [-0.25, -0.2) is 4.79 Å². The molecule has 1 heterocycles. The lowest BCUT2D eigenvalue weighted by Crippen LogP contribution is -2.13. The van der Waals surface area contributed by atoms with E-state index in [9.17, 15) is 18.5 Å². The molecule has 132 valence electrons. The molecular formula is C17H18N2O5S. The van der Waals surface area contributed by atoms with Crippen LogP contribution in [0.3, 0.4) is 0 Å². The highest BCUT2D eigenvalue weighted by Gasteiger charge is 2.30. The van der Waals surface area contributed by atoms with E-state index in [4.69, 9.17) is 8.92 Å². The number of aryl methyl sites for hydroxylation is 1. The van der Waals surface area contributed by atoms with Gasteiger partial charge < -0.3 is 13.5 Å². The number of carbonyl (C=O) groups is 1. The van der Waals surface area contributed by atoms with Crippen molar-refractivity contribution in [3.63, 3.8) is 0 Å². The predicted octanol–water partition coefficient (Wildman–Crippen LogP) is 2.46. The second kappa shape index (κ2) is 6.99. The lowest BCUT2D eigenvalue weighted by Gasteiger charge is -2.09. The number of nitriles is 1. The lowest BCUT2D eigenvalue weighted by molar-refractivity contribution is 0.0523. The van der Waals surface area contributed by atoms with E-state index >= 15 is 0 Å². The van der Waals surface area contributed by atoms with Crippen LogP contribution in [-0.4, -0.2) is 25.6 Å². The van der Waals surface area contributed by atoms with E-state index in [2.05, 4.69) is 0 Å². The summed E-state index contributed by atoms with van der Waals surface area (Å²) in [6.07, 6.45) is 0. The van der Waals surface area contributed by atoms with Crippen LogP contribution in [0.5, 0.6) is 5.75 Å². The van der Waals surface area contributed by atoms with Crippen LogP contribution in [0.1, 0.15) is 34.2 Å². The van der Waals surface area contributed by atoms with Gasteiger partial charge in [0, 0.05) is 12.7 Å². The zero-order valence-electron chi connectivity index (χ0n) is 14.4. The Labute approximate surface area is 146 Å². The van der Waals surface area contributed by atoms with Crippen molar-refractivity contribution in [3.05, 3.63) is 46.8 Å². The molecule has 8 heteroatoms. The van der Waals surface area contributed by atoms with Crippen molar-refractivity contribution < 1.29 is 22.1 Å². The molecule has 0 unspecified atom stereocenters. The van der Waals surface area contributed by atoms with Gasteiger partial charge in [-0.15, -0.1) is 0 Å². The number of ether oxygens (including phenoxy) is 1. The van der Waals surface area contributed by atoms with Crippen LogP contribution < -0.4 is 4.18 Å². The minimum Gasteiger partial charge on any atom is -0.462 e. The molecule has 0 bridgehead atoms. The van der Waals surface area contributed by atoms with Crippen LogP contribution in [0.25, 0.3) is 0 Å². The Morgan fingerprint density at radius 2 is 1.84 bits per heavy atom. The number of esters is 1. The fourth-order valence-corrected chi connectivity index (χ4v) is 3.23. The van der Waals surface area contributed by atoms with Gasteiger partial charge in [-0.05, 0) is 32.9 Å². The fraction of sp³-hybridized carbons (Fsp3) is 0.294. The Morgan fingerprint density at radius 1 is 1.24 bits per heavy atom. The van der Waals surface area contributed by atoms with Crippen LogP contribution in [-0.2, 0) is 21.9 Å². The number of hydrogen-bond donors (Lipinski definition) is 0. The summed E-state index contributed by atoms with van der Waals surface area (Å²) < 4.78 is 36.6. The van der Waals surface area contributed by atoms with E-state index in [0.29, 0.717) is 5.69 Å². The first-order chi connectivity index (χ1) is 11.7. The van der Waals surface area contributed by atoms with E-state index in [0.717, 1.165) is 5.56 Å². The average molecular weight is 362 g/mol. The largest absolute Gasteiger partial charge is 0.462 e. The van der Waals surface area contributed by atoms with Crippen LogP contribution in [0.15, 0.2) is 29.2 Å². The summed E-state index contributed by atoms with van der Waals surface area (Å²) in [4.78, 5) is 12.1. The van der Waals surface area contributed by atoms with Crippen LogP contribution >= 0.6 is 0 Å². The molecular weight excluding hydrogens is 344 g/mol. The first-order valence-electron chi connectivity index (χ1n) is 7.50. The zero-order chi connectivity index (χ0) is 18.8. The smallest absolute Gasteiger partial charge is 0.343 e. The highest BCUT2D eigenvalue weighted by Crippen LogP contribution is 2.32. The summed E-state index contributed by atoms with van der Waals surface area (Å²) in [5.74, 6) is -1.06. The third-order valence-electron chi connectivity index (χ3n) is 3.73. The molecule has 0 saturated heterocycles. The van der Waals surface area contributed by atoms with E-state index in [-0.39, 0.29) is 28.5 Å². The van der Waals surface area contributed by atoms with E-state index in [1.54, 1.807) is 33.0 Å². The minimum atomic E-state index is -4.21. The summed E-state index contributed by atoms with van der Waals surface area (Å²) in [5.41, 5.74) is 1.12. The number of aromatic nitrogens is 1. The maximum atomic E-state index is 12.5. The van der Waals surface area contributed by atoms with Crippen LogP contribution in [0.4, 0.5) is 0 Å². The monoisotopic (exact) mass is 362 g/mol. The maximum absolute atomic E-state index is 12.5. The first-order valence-corrected chi connectivity index (χ1v) is 8.91. The topological polar surface area (TPSA) is 98.4 Å². The summed E-state index contributed by atoms with van der Waals surface area (Å²) >= 11 is 0. The maximum Gasteiger partial charge on any atom is 0.343 e. The van der Waals surface area contributed by atoms with Crippen molar-refractivity contribution in [2.45, 2.75) is 25.7 Å². The molecule has 2 aromatic rings. The summed E-state index contributed by atoms with van der Waals surface area (Å²) in [7, 11) is -2.67.